The molecule has 32 heavy (non-hydrogen) atoms. The highest BCUT2D eigenvalue weighted by Gasteiger charge is 2.29. The smallest absolute Gasteiger partial charge is 0.387 e. The van der Waals surface area contributed by atoms with Crippen LogP contribution in [0.15, 0.2) is 36.7 Å². The van der Waals surface area contributed by atoms with E-state index in [1.54, 1.807) is 22.7 Å². The normalized spacial score (nSPS) is 13.2. The summed E-state index contributed by atoms with van der Waals surface area (Å²) in [4.78, 5) is 27.6. The van der Waals surface area contributed by atoms with Gasteiger partial charge < -0.3 is 24.6 Å². The molecule has 0 spiro atoms. The quantitative estimate of drug-likeness (QED) is 0.516. The second kappa shape index (κ2) is 8.69. The van der Waals surface area contributed by atoms with Crippen molar-refractivity contribution in [3.63, 3.8) is 0 Å². The number of aromatic nitrogens is 2. The molecule has 1 aliphatic carbocycles. The molecule has 0 aliphatic heterocycles. The molecule has 4 rings (SSSR count). The second-order valence-corrected chi connectivity index (χ2v) is 7.09. The first-order valence-corrected chi connectivity index (χ1v) is 9.65. The number of methoxy groups -OCH3 is 1. The zero-order chi connectivity index (χ0) is 22.8. The third-order valence-corrected chi connectivity index (χ3v) is 4.78. The van der Waals surface area contributed by atoms with Gasteiger partial charge in [-0.25, -0.2) is 9.78 Å². The Kier molecular flexibility index (Phi) is 5.80. The molecule has 2 aromatic heterocycles. The Balaban J connectivity index is 0.00000306. The number of ether oxygens (including phenoxy) is 3. The van der Waals surface area contributed by atoms with E-state index in [-0.39, 0.29) is 24.5 Å². The highest BCUT2D eigenvalue weighted by Crippen LogP contribution is 2.37. The van der Waals surface area contributed by atoms with Crippen molar-refractivity contribution in [3.05, 3.63) is 42.2 Å². The van der Waals surface area contributed by atoms with Crippen LogP contribution >= 0.6 is 0 Å². The molecule has 0 bridgehead atoms. The molecule has 1 aliphatic rings. The van der Waals surface area contributed by atoms with E-state index < -0.39 is 25.1 Å². The standard InChI is InChI=1S/C21H19F2N3O6.H2/c1-30-15-6-11(7-16(32-21(22)23)19(15)20(29)25-12-2-3-12)14-9-24-17-8-13(4-5-26(14)17)31-10-18(27)28;/h4-9,12,21H,2-3,10H2,1H3,(H,25,29)(H,27,28);1H. The van der Waals surface area contributed by atoms with Gasteiger partial charge in [-0.05, 0) is 31.0 Å². The van der Waals surface area contributed by atoms with E-state index >= 15 is 0 Å². The van der Waals surface area contributed by atoms with Crippen LogP contribution in [0.5, 0.6) is 17.2 Å². The van der Waals surface area contributed by atoms with Crippen molar-refractivity contribution in [2.24, 2.45) is 0 Å². The number of hydrogen-bond donors (Lipinski definition) is 2. The third-order valence-electron chi connectivity index (χ3n) is 4.78. The number of halogens is 2. The Morgan fingerprint density at radius 1 is 1.31 bits per heavy atom. The van der Waals surface area contributed by atoms with E-state index in [0.29, 0.717) is 22.7 Å². The van der Waals surface area contributed by atoms with E-state index in [4.69, 9.17) is 14.6 Å². The van der Waals surface area contributed by atoms with Crippen LogP contribution < -0.4 is 19.5 Å². The van der Waals surface area contributed by atoms with Gasteiger partial charge in [-0.1, -0.05) is 0 Å². The van der Waals surface area contributed by atoms with Crippen molar-refractivity contribution < 1.29 is 39.1 Å². The van der Waals surface area contributed by atoms with Gasteiger partial charge in [0.1, 0.15) is 28.5 Å². The third kappa shape index (κ3) is 4.56. The molecule has 1 amide bonds. The lowest BCUT2D eigenvalue weighted by molar-refractivity contribution is -0.139. The Labute approximate surface area is 182 Å². The molecule has 1 saturated carbocycles. The second-order valence-electron chi connectivity index (χ2n) is 7.09. The zero-order valence-electron chi connectivity index (χ0n) is 16.9. The maximum absolute atomic E-state index is 13.1. The number of amides is 1. The number of nitrogens with zero attached hydrogens (tertiary/aromatic N) is 2. The van der Waals surface area contributed by atoms with Crippen molar-refractivity contribution >= 4 is 17.5 Å². The van der Waals surface area contributed by atoms with Gasteiger partial charge in [-0.15, -0.1) is 0 Å². The summed E-state index contributed by atoms with van der Waals surface area (Å²) in [5, 5.41) is 11.5. The van der Waals surface area contributed by atoms with Crippen LogP contribution in [-0.2, 0) is 4.79 Å². The number of fused-ring (bicyclic) bond motifs is 1. The van der Waals surface area contributed by atoms with Crippen LogP contribution in [0.25, 0.3) is 16.9 Å². The lowest BCUT2D eigenvalue weighted by Gasteiger charge is -2.16. The summed E-state index contributed by atoms with van der Waals surface area (Å²) in [6.07, 6.45) is 4.76. The number of aliphatic carboxylic acids is 1. The molecule has 0 unspecified atom stereocenters. The Hall–Kier alpha value is -3.89. The average Bonchev–Trinajstić information content (AvgIpc) is 3.46. The first-order chi connectivity index (χ1) is 15.4. The number of pyridine rings is 1. The van der Waals surface area contributed by atoms with E-state index in [9.17, 15) is 18.4 Å². The summed E-state index contributed by atoms with van der Waals surface area (Å²) >= 11 is 0. The molecule has 0 atom stereocenters. The van der Waals surface area contributed by atoms with Crippen molar-refractivity contribution in [1.29, 1.82) is 0 Å². The first-order valence-electron chi connectivity index (χ1n) is 9.65. The minimum Gasteiger partial charge on any atom is -0.496 e. The summed E-state index contributed by atoms with van der Waals surface area (Å²) in [6.45, 7) is -3.64. The first kappa shape index (κ1) is 21.3. The van der Waals surface area contributed by atoms with Crippen molar-refractivity contribution in [3.8, 4) is 28.5 Å². The predicted molar refractivity (Wildman–Crippen MR) is 110 cm³/mol. The topological polar surface area (TPSA) is 111 Å². The van der Waals surface area contributed by atoms with Gasteiger partial charge in [-0.3, -0.25) is 9.20 Å². The van der Waals surface area contributed by atoms with Gasteiger partial charge in [-0.2, -0.15) is 8.78 Å². The van der Waals surface area contributed by atoms with E-state index in [1.165, 1.54) is 25.4 Å². The summed E-state index contributed by atoms with van der Waals surface area (Å²) in [6, 6.07) is 5.97. The van der Waals surface area contributed by atoms with Gasteiger partial charge in [0, 0.05) is 25.3 Å². The number of nitrogens with one attached hydrogen (secondary N) is 1. The average molecular weight is 449 g/mol. The molecule has 2 heterocycles. The number of rotatable bonds is 9. The van der Waals surface area contributed by atoms with E-state index in [0.717, 1.165) is 12.8 Å². The van der Waals surface area contributed by atoms with Crippen molar-refractivity contribution in [1.82, 2.24) is 14.7 Å². The van der Waals surface area contributed by atoms with Gasteiger partial charge in [0.25, 0.3) is 5.91 Å². The highest BCUT2D eigenvalue weighted by molar-refractivity contribution is 6.01. The minimum absolute atomic E-state index is 0. The number of carboxylic acid groups (broad SMARTS) is 1. The van der Waals surface area contributed by atoms with Gasteiger partial charge in [0.05, 0.1) is 19.0 Å². The number of alkyl halides is 2. The number of carboxylic acids is 1. The number of carbonyl (C=O) groups is 2. The number of imidazole rings is 1. The summed E-state index contributed by atoms with van der Waals surface area (Å²) in [5.41, 5.74) is 1.26. The van der Waals surface area contributed by atoms with Gasteiger partial charge >= 0.3 is 12.6 Å². The van der Waals surface area contributed by atoms with Crippen LogP contribution in [0, 0.1) is 0 Å². The van der Waals surface area contributed by atoms with Crippen LogP contribution in [0.1, 0.15) is 24.6 Å². The maximum atomic E-state index is 13.1. The monoisotopic (exact) mass is 449 g/mol. The fourth-order valence-electron chi connectivity index (χ4n) is 3.21. The Bertz CT molecular complexity index is 1180. The van der Waals surface area contributed by atoms with Gasteiger partial charge in [0.2, 0.25) is 0 Å². The minimum atomic E-state index is -3.14. The summed E-state index contributed by atoms with van der Waals surface area (Å²) in [5.74, 6) is -1.59. The lowest BCUT2D eigenvalue weighted by atomic mass is 10.1. The fourth-order valence-corrected chi connectivity index (χ4v) is 3.21. The molecule has 9 nitrogen and oxygen atoms in total. The predicted octanol–water partition coefficient (Wildman–Crippen LogP) is 3.21. The fraction of sp³-hybridized carbons (Fsp3) is 0.286. The summed E-state index contributed by atoms with van der Waals surface area (Å²) in [7, 11) is 1.33. The number of carbonyl (C=O) groups excluding carboxylic acids is 1. The maximum Gasteiger partial charge on any atom is 0.387 e. The molecule has 3 aromatic rings. The van der Waals surface area contributed by atoms with Crippen LogP contribution in [0.4, 0.5) is 8.78 Å². The molecule has 170 valence electrons. The molecule has 11 heteroatoms. The zero-order valence-corrected chi connectivity index (χ0v) is 16.9. The summed E-state index contributed by atoms with van der Waals surface area (Å²) < 4.78 is 43.0. The largest absolute Gasteiger partial charge is 0.496 e. The Morgan fingerprint density at radius 3 is 2.72 bits per heavy atom. The Morgan fingerprint density at radius 2 is 2.06 bits per heavy atom. The molecular formula is C21H21F2N3O6. The molecule has 0 radical (unpaired) electrons. The molecule has 2 N–H and O–H groups in total. The molecule has 0 saturated heterocycles. The number of benzene rings is 1. The SMILES string of the molecule is COc1cc(-c2cnc3cc(OCC(=O)O)ccn23)cc(OC(F)F)c1C(=O)NC1CC1.[HH]. The highest BCUT2D eigenvalue weighted by atomic mass is 19.3. The molecule has 1 fully saturated rings. The number of hydrogen-bond acceptors (Lipinski definition) is 6. The molecular weight excluding hydrogens is 428 g/mol. The molecule has 1 aromatic carbocycles. The van der Waals surface area contributed by atoms with Crippen molar-refractivity contribution in [2.75, 3.05) is 13.7 Å². The van der Waals surface area contributed by atoms with Crippen molar-refractivity contribution in [2.45, 2.75) is 25.5 Å². The lowest BCUT2D eigenvalue weighted by Crippen LogP contribution is -2.26. The van der Waals surface area contributed by atoms with Crippen LogP contribution in [0.2, 0.25) is 0 Å². The van der Waals surface area contributed by atoms with Crippen LogP contribution in [0.3, 0.4) is 0 Å². The van der Waals surface area contributed by atoms with E-state index in [1.807, 2.05) is 0 Å². The van der Waals surface area contributed by atoms with Gasteiger partial charge in [0.15, 0.2) is 6.61 Å². The van der Waals surface area contributed by atoms with Crippen LogP contribution in [-0.4, -0.2) is 52.7 Å². The van der Waals surface area contributed by atoms with E-state index in [2.05, 4.69) is 15.0 Å².